The van der Waals surface area contributed by atoms with Crippen LogP contribution in [0.1, 0.15) is 13.3 Å². The van der Waals surface area contributed by atoms with Gasteiger partial charge in [-0.1, -0.05) is 6.92 Å². The van der Waals surface area contributed by atoms with Crippen molar-refractivity contribution in [2.24, 2.45) is 0 Å². The van der Waals surface area contributed by atoms with E-state index in [1.165, 1.54) is 6.42 Å². The maximum absolute atomic E-state index is 5.19. The molecule has 0 amide bonds. The van der Waals surface area contributed by atoms with E-state index in [0.717, 1.165) is 19.0 Å². The van der Waals surface area contributed by atoms with Crippen LogP contribution in [0.4, 0.5) is 0 Å². The zero-order valence-corrected chi connectivity index (χ0v) is 6.45. The van der Waals surface area contributed by atoms with Gasteiger partial charge in [-0.25, -0.2) is 0 Å². The number of epoxide rings is 1. The Labute approximate surface area is 60.1 Å². The van der Waals surface area contributed by atoms with Crippen LogP contribution in [-0.2, 0) is 8.92 Å². The highest BCUT2D eigenvalue weighted by atomic mass is 32.2. The third-order valence-electron chi connectivity index (χ3n) is 1.03. The van der Waals surface area contributed by atoms with E-state index in [1.807, 2.05) is 0 Å². The van der Waals surface area contributed by atoms with Crippen molar-refractivity contribution in [3.63, 3.8) is 0 Å². The van der Waals surface area contributed by atoms with Crippen molar-refractivity contribution in [3.8, 4) is 0 Å². The van der Waals surface area contributed by atoms with E-state index in [-0.39, 0.29) is 0 Å². The summed E-state index contributed by atoms with van der Waals surface area (Å²) in [6, 6.07) is 0. The minimum absolute atomic E-state index is 0.411. The fraction of sp³-hybridized carbons (Fsp3) is 1.00. The molecule has 54 valence electrons. The van der Waals surface area contributed by atoms with Crippen LogP contribution >= 0.6 is 12.0 Å². The first-order chi connectivity index (χ1) is 4.43. The zero-order valence-electron chi connectivity index (χ0n) is 5.63. The molecule has 1 heterocycles. The largest absolute Gasteiger partial charge is 0.371 e. The average molecular weight is 148 g/mol. The predicted octanol–water partition coefficient (Wildman–Crippen LogP) is 1.46. The summed E-state index contributed by atoms with van der Waals surface area (Å²) in [4.78, 5) is 0. The second kappa shape index (κ2) is 4.14. The second-order valence-corrected chi connectivity index (χ2v) is 2.94. The lowest BCUT2D eigenvalue weighted by atomic mass is 10.5. The van der Waals surface area contributed by atoms with Crippen LogP contribution in [0.3, 0.4) is 0 Å². The van der Waals surface area contributed by atoms with Crippen LogP contribution in [0.2, 0.25) is 0 Å². The van der Waals surface area contributed by atoms with Crippen LogP contribution in [0.5, 0.6) is 0 Å². The van der Waals surface area contributed by atoms with Gasteiger partial charge >= 0.3 is 0 Å². The molecule has 2 nitrogen and oxygen atoms in total. The Hall–Kier alpha value is 0.270. The van der Waals surface area contributed by atoms with E-state index >= 15 is 0 Å². The highest BCUT2D eigenvalue weighted by molar-refractivity contribution is 7.94. The fourth-order valence-corrected chi connectivity index (χ4v) is 0.963. The van der Waals surface area contributed by atoms with Gasteiger partial charge in [0.1, 0.15) is 6.10 Å². The monoisotopic (exact) mass is 148 g/mol. The van der Waals surface area contributed by atoms with Gasteiger partial charge in [0.05, 0.1) is 13.2 Å². The molecule has 0 aliphatic carbocycles. The van der Waals surface area contributed by atoms with Gasteiger partial charge in [0, 0.05) is 5.75 Å². The Morgan fingerprint density at radius 2 is 2.56 bits per heavy atom. The van der Waals surface area contributed by atoms with Crippen molar-refractivity contribution >= 4 is 12.0 Å². The lowest BCUT2D eigenvalue weighted by molar-refractivity contribution is 0.295. The minimum Gasteiger partial charge on any atom is -0.371 e. The fourth-order valence-electron chi connectivity index (χ4n) is 0.431. The molecule has 0 aromatic heterocycles. The first-order valence-corrected chi connectivity index (χ1v) is 4.20. The molecule has 1 aliphatic heterocycles. The summed E-state index contributed by atoms with van der Waals surface area (Å²) in [5.41, 5.74) is 0. The lowest BCUT2D eigenvalue weighted by Gasteiger charge is -1.95. The van der Waals surface area contributed by atoms with Gasteiger partial charge in [-0.3, -0.25) is 0 Å². The minimum atomic E-state index is 0.411. The topological polar surface area (TPSA) is 21.8 Å². The molecule has 3 heteroatoms. The van der Waals surface area contributed by atoms with Crippen molar-refractivity contribution in [1.82, 2.24) is 0 Å². The summed E-state index contributed by atoms with van der Waals surface area (Å²) in [6.45, 7) is 3.81. The number of hydrogen-bond acceptors (Lipinski definition) is 3. The number of hydrogen-bond donors (Lipinski definition) is 0. The van der Waals surface area contributed by atoms with E-state index in [1.54, 1.807) is 12.0 Å². The van der Waals surface area contributed by atoms with E-state index in [4.69, 9.17) is 8.92 Å². The maximum Gasteiger partial charge on any atom is 0.105 e. The molecule has 1 saturated heterocycles. The van der Waals surface area contributed by atoms with Crippen LogP contribution in [0, 0.1) is 0 Å². The molecule has 0 radical (unpaired) electrons. The third kappa shape index (κ3) is 3.78. The Kier molecular flexibility index (Phi) is 3.40. The molecule has 0 N–H and O–H groups in total. The second-order valence-electron chi connectivity index (χ2n) is 2.06. The molecule has 9 heavy (non-hydrogen) atoms. The average Bonchev–Trinajstić information content (AvgIpc) is 2.63. The van der Waals surface area contributed by atoms with Crippen molar-refractivity contribution in [2.75, 3.05) is 19.0 Å². The molecule has 1 rings (SSSR count). The van der Waals surface area contributed by atoms with Crippen LogP contribution in [0.15, 0.2) is 0 Å². The molecule has 0 aromatic rings. The summed E-state index contributed by atoms with van der Waals surface area (Å²) in [7, 11) is 0. The maximum atomic E-state index is 5.19. The predicted molar refractivity (Wildman–Crippen MR) is 38.4 cm³/mol. The quantitative estimate of drug-likeness (QED) is 0.335. The highest BCUT2D eigenvalue weighted by Gasteiger charge is 2.22. The molecule has 1 unspecified atom stereocenters. The van der Waals surface area contributed by atoms with Gasteiger partial charge in [0.2, 0.25) is 0 Å². The zero-order chi connectivity index (χ0) is 6.53. The summed E-state index contributed by atoms with van der Waals surface area (Å²) in [5.74, 6) is 1.09. The summed E-state index contributed by atoms with van der Waals surface area (Å²) in [5, 5.41) is 0. The van der Waals surface area contributed by atoms with Crippen molar-refractivity contribution in [1.29, 1.82) is 0 Å². The van der Waals surface area contributed by atoms with Gasteiger partial charge < -0.3 is 8.92 Å². The molecular formula is C6H12O2S. The molecule has 0 spiro atoms. The van der Waals surface area contributed by atoms with Crippen molar-refractivity contribution in [2.45, 2.75) is 19.4 Å². The molecule has 0 saturated carbocycles. The Bertz CT molecular complexity index is 73.5. The molecular weight excluding hydrogens is 136 g/mol. The lowest BCUT2D eigenvalue weighted by Crippen LogP contribution is -1.95. The number of ether oxygens (including phenoxy) is 1. The van der Waals surface area contributed by atoms with Gasteiger partial charge in [-0.2, -0.15) is 0 Å². The van der Waals surface area contributed by atoms with Gasteiger partial charge in [-0.05, 0) is 18.5 Å². The molecule has 1 atom stereocenters. The first kappa shape index (κ1) is 7.38. The highest BCUT2D eigenvalue weighted by Crippen LogP contribution is 2.13. The third-order valence-corrected chi connectivity index (χ3v) is 1.90. The standard InChI is InChI=1S/C6H12O2S/c1-2-3-9-8-5-6-4-7-6/h6H,2-5H2,1H3. The van der Waals surface area contributed by atoms with E-state index in [9.17, 15) is 0 Å². The van der Waals surface area contributed by atoms with E-state index in [0.29, 0.717) is 6.10 Å². The van der Waals surface area contributed by atoms with Crippen molar-refractivity contribution < 1.29 is 8.92 Å². The smallest absolute Gasteiger partial charge is 0.105 e. The Balaban J connectivity index is 1.71. The summed E-state index contributed by atoms with van der Waals surface area (Å²) >= 11 is 1.54. The SMILES string of the molecule is CCCSOCC1CO1. The van der Waals surface area contributed by atoms with Gasteiger partial charge in [-0.15, -0.1) is 0 Å². The normalized spacial score (nSPS) is 24.3. The molecule has 1 aliphatic rings. The Morgan fingerprint density at radius 3 is 3.11 bits per heavy atom. The van der Waals surface area contributed by atoms with E-state index in [2.05, 4.69) is 6.92 Å². The van der Waals surface area contributed by atoms with Crippen LogP contribution < -0.4 is 0 Å². The molecule has 1 fully saturated rings. The molecule has 0 bridgehead atoms. The van der Waals surface area contributed by atoms with Gasteiger partial charge in [0.15, 0.2) is 0 Å². The summed E-state index contributed by atoms with van der Waals surface area (Å²) in [6.07, 6.45) is 1.59. The van der Waals surface area contributed by atoms with Gasteiger partial charge in [0.25, 0.3) is 0 Å². The summed E-state index contributed by atoms with van der Waals surface area (Å²) < 4.78 is 10.1. The number of rotatable bonds is 5. The van der Waals surface area contributed by atoms with Crippen molar-refractivity contribution in [3.05, 3.63) is 0 Å². The van der Waals surface area contributed by atoms with Crippen LogP contribution in [0.25, 0.3) is 0 Å². The Morgan fingerprint density at radius 1 is 1.78 bits per heavy atom. The van der Waals surface area contributed by atoms with Crippen LogP contribution in [-0.4, -0.2) is 25.1 Å². The van der Waals surface area contributed by atoms with E-state index < -0.39 is 0 Å². The molecule has 0 aromatic carbocycles. The first-order valence-electron chi connectivity index (χ1n) is 3.29.